The van der Waals surface area contributed by atoms with E-state index in [0.717, 1.165) is 19.3 Å². The Labute approximate surface area is 164 Å². The molecule has 1 amide bonds. The molecule has 152 valence electrons. The predicted octanol–water partition coefficient (Wildman–Crippen LogP) is 1.21. The zero-order valence-corrected chi connectivity index (χ0v) is 16.8. The molecule has 0 radical (unpaired) electrons. The van der Waals surface area contributed by atoms with E-state index in [1.54, 1.807) is 18.2 Å². The van der Waals surface area contributed by atoms with Crippen molar-refractivity contribution in [2.45, 2.75) is 44.0 Å². The molecule has 8 nitrogen and oxygen atoms in total. The Morgan fingerprint density at radius 2 is 2.00 bits per heavy atom. The van der Waals surface area contributed by atoms with Gasteiger partial charge in [0.15, 0.2) is 6.61 Å². The van der Waals surface area contributed by atoms with E-state index < -0.39 is 16.0 Å². The van der Waals surface area contributed by atoms with Gasteiger partial charge in [-0.05, 0) is 30.4 Å². The molecule has 0 unspecified atom stereocenters. The van der Waals surface area contributed by atoms with Gasteiger partial charge < -0.3 is 10.1 Å². The van der Waals surface area contributed by atoms with Gasteiger partial charge in [-0.3, -0.25) is 19.3 Å². The summed E-state index contributed by atoms with van der Waals surface area (Å²) in [5.41, 5.74) is 0.411. The number of nitrogens with one attached hydrogen (secondary N) is 2. The maximum Gasteiger partial charge on any atom is 0.328 e. The zero-order chi connectivity index (χ0) is 20.3. The van der Waals surface area contributed by atoms with Gasteiger partial charge in [-0.15, -0.1) is 0 Å². The Hall–Kier alpha value is -2.42. The fourth-order valence-electron chi connectivity index (χ4n) is 3.62. The lowest BCUT2D eigenvalue weighted by Gasteiger charge is -2.34. The smallest absolute Gasteiger partial charge is 0.328 e. The van der Waals surface area contributed by atoms with Crippen LogP contribution in [-0.2, 0) is 24.3 Å². The molecule has 3 atom stereocenters. The minimum absolute atomic E-state index is 0.0968. The van der Waals surface area contributed by atoms with Crippen molar-refractivity contribution in [1.82, 2.24) is 10.0 Å². The van der Waals surface area contributed by atoms with Crippen LogP contribution in [0.15, 0.2) is 34.2 Å². The molecule has 1 heterocycles. The van der Waals surface area contributed by atoms with Crippen LogP contribution in [-0.4, -0.2) is 45.3 Å². The highest BCUT2D eigenvalue weighted by molar-refractivity contribution is 7.90. The first kappa shape index (κ1) is 20.3. The van der Waals surface area contributed by atoms with E-state index >= 15 is 0 Å². The van der Waals surface area contributed by atoms with E-state index in [1.807, 2.05) is 0 Å². The van der Waals surface area contributed by atoms with Gasteiger partial charge in [0, 0.05) is 11.6 Å². The van der Waals surface area contributed by atoms with Gasteiger partial charge in [-0.25, -0.2) is 8.42 Å². The van der Waals surface area contributed by atoms with Crippen molar-refractivity contribution in [2.75, 3.05) is 13.2 Å². The first-order valence-corrected chi connectivity index (χ1v) is 10.9. The average Bonchev–Trinajstić information content (AvgIpc) is 2.93. The molecule has 1 aliphatic heterocycles. The van der Waals surface area contributed by atoms with Crippen molar-refractivity contribution >= 4 is 27.7 Å². The maximum atomic E-state index is 12.1. The van der Waals surface area contributed by atoms with Crippen LogP contribution in [0.5, 0.6) is 0 Å². The molecule has 2 N–H and O–H groups in total. The molecule has 0 aromatic heterocycles. The lowest BCUT2D eigenvalue weighted by molar-refractivity contribution is -0.147. The van der Waals surface area contributed by atoms with Crippen molar-refractivity contribution in [1.29, 1.82) is 0 Å². The number of carbonyl (C=O) groups excluding carboxylic acids is 2. The second-order valence-electron chi connectivity index (χ2n) is 7.37. The Bertz CT molecular complexity index is 897. The van der Waals surface area contributed by atoms with Gasteiger partial charge in [0.05, 0.1) is 4.90 Å². The minimum atomic E-state index is -3.65. The van der Waals surface area contributed by atoms with E-state index in [0.29, 0.717) is 17.4 Å². The van der Waals surface area contributed by atoms with Crippen LogP contribution in [0.2, 0.25) is 0 Å². The SMILES string of the molecule is C[C@@H]1[C@@H](C)CCC[C@H]1NC(=O)COC(=O)CN=C1NS(=O)(=O)c2ccccc21. The summed E-state index contributed by atoms with van der Waals surface area (Å²) in [5.74, 6) is 0.00271. The molecule has 9 heteroatoms. The van der Waals surface area contributed by atoms with Crippen molar-refractivity contribution in [3.8, 4) is 0 Å². The Balaban J connectivity index is 1.50. The van der Waals surface area contributed by atoms with Gasteiger partial charge in [0.1, 0.15) is 12.4 Å². The Morgan fingerprint density at radius 3 is 2.79 bits per heavy atom. The van der Waals surface area contributed by atoms with Gasteiger partial charge in [-0.2, -0.15) is 0 Å². The summed E-state index contributed by atoms with van der Waals surface area (Å²) in [7, 11) is -3.65. The van der Waals surface area contributed by atoms with E-state index in [9.17, 15) is 18.0 Å². The van der Waals surface area contributed by atoms with E-state index in [-0.39, 0.29) is 35.8 Å². The van der Waals surface area contributed by atoms with Crippen LogP contribution < -0.4 is 10.0 Å². The first-order chi connectivity index (χ1) is 13.3. The van der Waals surface area contributed by atoms with Crippen LogP contribution in [0, 0.1) is 11.8 Å². The minimum Gasteiger partial charge on any atom is -0.454 e. The molecule has 0 bridgehead atoms. The molecule has 1 aromatic rings. The summed E-state index contributed by atoms with van der Waals surface area (Å²) in [6.45, 7) is 3.55. The number of amidine groups is 1. The van der Waals surface area contributed by atoms with Crippen molar-refractivity contribution in [3.05, 3.63) is 29.8 Å². The fraction of sp³-hybridized carbons (Fsp3) is 0.526. The fourth-order valence-corrected chi connectivity index (χ4v) is 4.87. The second-order valence-corrected chi connectivity index (χ2v) is 9.02. The van der Waals surface area contributed by atoms with Gasteiger partial charge in [-0.1, -0.05) is 38.8 Å². The van der Waals surface area contributed by atoms with Crippen LogP contribution in [0.3, 0.4) is 0 Å². The number of ether oxygens (including phenoxy) is 1. The molecule has 2 aliphatic rings. The molecule has 1 aliphatic carbocycles. The molecule has 0 spiro atoms. The van der Waals surface area contributed by atoms with Crippen LogP contribution in [0.4, 0.5) is 0 Å². The number of fused-ring (bicyclic) bond motifs is 1. The Kier molecular flexibility index (Phi) is 6.02. The molecule has 1 aromatic carbocycles. The predicted molar refractivity (Wildman–Crippen MR) is 103 cm³/mol. The third kappa shape index (κ3) is 4.52. The second kappa shape index (κ2) is 8.30. The number of amides is 1. The number of aliphatic imine (C=N–C) groups is 1. The molecular weight excluding hydrogens is 382 g/mol. The third-order valence-corrected chi connectivity index (χ3v) is 6.84. The average molecular weight is 407 g/mol. The third-order valence-electron chi connectivity index (χ3n) is 5.45. The number of sulfonamides is 1. The number of carbonyl (C=O) groups is 2. The normalized spacial score (nSPS) is 26.9. The quantitative estimate of drug-likeness (QED) is 0.712. The lowest BCUT2D eigenvalue weighted by atomic mass is 9.78. The Morgan fingerprint density at radius 1 is 1.25 bits per heavy atom. The molecule has 1 saturated carbocycles. The summed E-state index contributed by atoms with van der Waals surface area (Å²) >= 11 is 0. The van der Waals surface area contributed by atoms with Crippen LogP contribution >= 0.6 is 0 Å². The number of hydrogen-bond donors (Lipinski definition) is 2. The summed E-state index contributed by atoms with van der Waals surface area (Å²) in [5, 5.41) is 2.93. The monoisotopic (exact) mass is 407 g/mol. The van der Waals surface area contributed by atoms with E-state index in [2.05, 4.69) is 28.9 Å². The van der Waals surface area contributed by atoms with Gasteiger partial charge >= 0.3 is 5.97 Å². The van der Waals surface area contributed by atoms with Crippen LogP contribution in [0.1, 0.15) is 38.7 Å². The molecule has 1 fully saturated rings. The number of hydrogen-bond acceptors (Lipinski definition) is 6. The summed E-state index contributed by atoms with van der Waals surface area (Å²) in [4.78, 5) is 28.1. The highest BCUT2D eigenvalue weighted by atomic mass is 32.2. The summed E-state index contributed by atoms with van der Waals surface area (Å²) in [6, 6.07) is 6.47. The molecule has 28 heavy (non-hydrogen) atoms. The zero-order valence-electron chi connectivity index (χ0n) is 16.0. The van der Waals surface area contributed by atoms with Crippen molar-refractivity contribution in [2.24, 2.45) is 16.8 Å². The van der Waals surface area contributed by atoms with Gasteiger partial charge in [0.25, 0.3) is 15.9 Å². The molecule has 0 saturated heterocycles. The number of rotatable bonds is 5. The topological polar surface area (TPSA) is 114 Å². The molecule has 3 rings (SSSR count). The summed E-state index contributed by atoms with van der Waals surface area (Å²) in [6.07, 6.45) is 3.17. The van der Waals surface area contributed by atoms with Crippen LogP contribution in [0.25, 0.3) is 0 Å². The van der Waals surface area contributed by atoms with Crippen molar-refractivity contribution in [3.63, 3.8) is 0 Å². The van der Waals surface area contributed by atoms with Crippen molar-refractivity contribution < 1.29 is 22.7 Å². The number of esters is 1. The van der Waals surface area contributed by atoms with E-state index in [1.165, 1.54) is 6.07 Å². The first-order valence-electron chi connectivity index (χ1n) is 9.39. The largest absolute Gasteiger partial charge is 0.454 e. The number of nitrogens with zero attached hydrogens (tertiary/aromatic N) is 1. The standard InChI is InChI=1S/C19H25N3O5S/c1-12-6-5-8-15(13(12)2)21-17(23)11-27-18(24)10-20-19-14-7-3-4-9-16(14)28(25,26)22-19/h3-4,7,9,12-13,15H,5-6,8,10-11H2,1-2H3,(H,20,22)(H,21,23)/t12-,13+,15+/m0/s1. The van der Waals surface area contributed by atoms with E-state index in [4.69, 9.17) is 4.74 Å². The highest BCUT2D eigenvalue weighted by Crippen LogP contribution is 2.29. The number of benzene rings is 1. The summed E-state index contributed by atoms with van der Waals surface area (Å²) < 4.78 is 31.3. The lowest BCUT2D eigenvalue weighted by Crippen LogP contribution is -2.45. The maximum absolute atomic E-state index is 12.1. The van der Waals surface area contributed by atoms with Gasteiger partial charge in [0.2, 0.25) is 0 Å². The molecular formula is C19H25N3O5S. The highest BCUT2D eigenvalue weighted by Gasteiger charge is 2.30.